The minimum atomic E-state index is -1.40. The summed E-state index contributed by atoms with van der Waals surface area (Å²) >= 11 is 23.6. The Morgan fingerprint density at radius 1 is 0.733 bits per heavy atom. The van der Waals surface area contributed by atoms with E-state index in [9.17, 15) is 9.59 Å². The van der Waals surface area contributed by atoms with Crippen LogP contribution in [-0.2, 0) is 35.4 Å². The van der Waals surface area contributed by atoms with Crippen molar-refractivity contribution in [2.45, 2.75) is 49.5 Å². The molecule has 1 aromatic rings. The highest BCUT2D eigenvalue weighted by Crippen LogP contribution is 2.34. The minimum Gasteiger partial charge on any atom is -0.381 e. The standard InChI is InChI=1S/C20H28Cl4N2O4/c1-3-29-7-5-11-12(6-8-30-4-2)15(17(27)19(21)22)16(18(28)20(23)24)14(10-26)13(11)9-25/h19-20H,3-10,25-26H2,1-2H3. The molecule has 0 radical (unpaired) electrons. The number of rotatable bonds is 14. The lowest BCUT2D eigenvalue weighted by atomic mass is 9.81. The van der Waals surface area contributed by atoms with Crippen molar-refractivity contribution in [3.63, 3.8) is 0 Å². The molecule has 0 amide bonds. The Balaban J connectivity index is 3.96. The Bertz CT molecular complexity index is 742. The summed E-state index contributed by atoms with van der Waals surface area (Å²) in [5, 5.41) is 0. The first-order valence-corrected chi connectivity index (χ1v) is 11.4. The number of carbonyl (C=O) groups is 2. The highest BCUT2D eigenvalue weighted by atomic mass is 35.5. The van der Waals surface area contributed by atoms with E-state index < -0.39 is 21.2 Å². The van der Waals surface area contributed by atoms with E-state index >= 15 is 0 Å². The summed E-state index contributed by atoms with van der Waals surface area (Å²) in [6.45, 7) is 5.54. The molecular formula is C20H28Cl4N2O4. The zero-order valence-electron chi connectivity index (χ0n) is 17.1. The fourth-order valence-electron chi connectivity index (χ4n) is 3.42. The van der Waals surface area contributed by atoms with Crippen molar-refractivity contribution in [3.8, 4) is 0 Å². The number of hydrogen-bond donors (Lipinski definition) is 2. The molecule has 1 rings (SSSR count). The minimum absolute atomic E-state index is 0.0240. The topological polar surface area (TPSA) is 105 Å². The molecule has 0 spiro atoms. The Morgan fingerprint density at radius 2 is 1.13 bits per heavy atom. The molecule has 10 heteroatoms. The number of ether oxygens (including phenoxy) is 2. The number of nitrogens with two attached hydrogens (primary N) is 2. The van der Waals surface area contributed by atoms with Crippen LogP contribution < -0.4 is 11.5 Å². The molecule has 0 aromatic heterocycles. The van der Waals surface area contributed by atoms with Gasteiger partial charge in [0.25, 0.3) is 0 Å². The Kier molecular flexibility index (Phi) is 12.7. The largest absolute Gasteiger partial charge is 0.381 e. The van der Waals surface area contributed by atoms with Crippen LogP contribution in [0.15, 0.2) is 0 Å². The van der Waals surface area contributed by atoms with Gasteiger partial charge in [-0.3, -0.25) is 9.59 Å². The number of ketones is 2. The monoisotopic (exact) mass is 500 g/mol. The lowest BCUT2D eigenvalue weighted by molar-refractivity contribution is 0.0971. The Labute approximate surface area is 197 Å². The average molecular weight is 502 g/mol. The molecule has 0 aliphatic heterocycles. The van der Waals surface area contributed by atoms with Crippen LogP contribution in [0, 0.1) is 0 Å². The fourth-order valence-corrected chi connectivity index (χ4v) is 3.85. The van der Waals surface area contributed by atoms with Crippen LogP contribution in [0.5, 0.6) is 0 Å². The molecule has 4 N–H and O–H groups in total. The van der Waals surface area contributed by atoms with Gasteiger partial charge >= 0.3 is 0 Å². The molecule has 0 saturated heterocycles. The molecule has 6 nitrogen and oxygen atoms in total. The van der Waals surface area contributed by atoms with Gasteiger partial charge < -0.3 is 20.9 Å². The maximum atomic E-state index is 13.0. The maximum Gasteiger partial charge on any atom is 0.196 e. The third kappa shape index (κ3) is 6.78. The summed E-state index contributed by atoms with van der Waals surface area (Å²) in [4.78, 5) is 23.2. The van der Waals surface area contributed by atoms with Crippen molar-refractivity contribution < 1.29 is 19.1 Å². The molecule has 0 aliphatic rings. The van der Waals surface area contributed by atoms with Crippen LogP contribution in [0.2, 0.25) is 0 Å². The molecular weight excluding hydrogens is 474 g/mol. The molecule has 0 aliphatic carbocycles. The maximum absolute atomic E-state index is 13.0. The summed E-state index contributed by atoms with van der Waals surface area (Å²) in [5.41, 5.74) is 14.6. The summed E-state index contributed by atoms with van der Waals surface area (Å²) in [7, 11) is 0. The number of alkyl halides is 4. The van der Waals surface area contributed by atoms with Gasteiger partial charge in [0.2, 0.25) is 0 Å². The van der Waals surface area contributed by atoms with Crippen LogP contribution in [-0.4, -0.2) is 47.7 Å². The fraction of sp³-hybridized carbons (Fsp3) is 0.600. The molecule has 0 atom stereocenters. The second-order valence-electron chi connectivity index (χ2n) is 6.30. The molecule has 170 valence electrons. The van der Waals surface area contributed by atoms with E-state index in [1.165, 1.54) is 0 Å². The summed E-state index contributed by atoms with van der Waals surface area (Å²) < 4.78 is 11.0. The predicted molar refractivity (Wildman–Crippen MR) is 122 cm³/mol. The number of halogens is 4. The van der Waals surface area contributed by atoms with E-state index in [0.717, 1.165) is 5.56 Å². The number of hydrogen-bond acceptors (Lipinski definition) is 6. The first kappa shape index (κ1) is 27.6. The van der Waals surface area contributed by atoms with Gasteiger partial charge in [-0.25, -0.2) is 0 Å². The molecule has 0 bridgehead atoms. The highest BCUT2D eigenvalue weighted by Gasteiger charge is 2.33. The quantitative estimate of drug-likeness (QED) is 0.228. The highest BCUT2D eigenvalue weighted by molar-refractivity contribution is 6.57. The molecule has 30 heavy (non-hydrogen) atoms. The van der Waals surface area contributed by atoms with Crippen molar-refractivity contribution in [1.82, 2.24) is 0 Å². The third-order valence-electron chi connectivity index (χ3n) is 4.64. The van der Waals surface area contributed by atoms with Crippen molar-refractivity contribution in [3.05, 3.63) is 33.4 Å². The number of benzene rings is 1. The predicted octanol–water partition coefficient (Wildman–Crippen LogP) is 3.73. The zero-order chi connectivity index (χ0) is 22.8. The van der Waals surface area contributed by atoms with E-state index in [0.29, 0.717) is 56.0 Å². The average Bonchev–Trinajstić information content (AvgIpc) is 2.72. The molecule has 0 fully saturated rings. The van der Waals surface area contributed by atoms with Gasteiger partial charge in [-0.1, -0.05) is 46.4 Å². The second-order valence-corrected chi connectivity index (χ2v) is 8.49. The van der Waals surface area contributed by atoms with Crippen LogP contribution in [0.25, 0.3) is 0 Å². The van der Waals surface area contributed by atoms with Gasteiger partial charge in [0, 0.05) is 37.4 Å². The normalized spacial score (nSPS) is 11.5. The van der Waals surface area contributed by atoms with Crippen LogP contribution in [0.4, 0.5) is 0 Å². The van der Waals surface area contributed by atoms with E-state index in [1.54, 1.807) is 0 Å². The van der Waals surface area contributed by atoms with Crippen LogP contribution >= 0.6 is 46.4 Å². The number of Topliss-reactive ketones (excluding diaryl/α,β-unsaturated/α-hetero) is 2. The van der Waals surface area contributed by atoms with Gasteiger partial charge in [-0.2, -0.15) is 0 Å². The summed E-state index contributed by atoms with van der Waals surface area (Å²) in [5.74, 6) is -1.28. The van der Waals surface area contributed by atoms with Crippen molar-refractivity contribution in [2.24, 2.45) is 11.5 Å². The molecule has 0 unspecified atom stereocenters. The molecule has 0 heterocycles. The van der Waals surface area contributed by atoms with Gasteiger partial charge in [0.15, 0.2) is 21.2 Å². The lowest BCUT2D eigenvalue weighted by Gasteiger charge is -2.25. The smallest absolute Gasteiger partial charge is 0.196 e. The Morgan fingerprint density at radius 3 is 1.50 bits per heavy atom. The van der Waals surface area contributed by atoms with E-state index in [1.807, 2.05) is 13.8 Å². The van der Waals surface area contributed by atoms with Crippen molar-refractivity contribution in [2.75, 3.05) is 26.4 Å². The van der Waals surface area contributed by atoms with Gasteiger partial charge in [0.1, 0.15) is 0 Å². The van der Waals surface area contributed by atoms with E-state index in [4.69, 9.17) is 67.3 Å². The van der Waals surface area contributed by atoms with Gasteiger partial charge in [-0.15, -0.1) is 0 Å². The van der Waals surface area contributed by atoms with Gasteiger partial charge in [0.05, 0.1) is 13.2 Å². The lowest BCUT2D eigenvalue weighted by Crippen LogP contribution is -2.27. The SMILES string of the molecule is CCOCCc1c(CN)c(CN)c(C(=O)C(Cl)Cl)c(C(=O)C(Cl)Cl)c1CCOCC. The molecule has 1 aromatic carbocycles. The van der Waals surface area contributed by atoms with Crippen molar-refractivity contribution in [1.29, 1.82) is 0 Å². The second kappa shape index (κ2) is 13.9. The summed E-state index contributed by atoms with van der Waals surface area (Å²) in [6.07, 6.45) is 0.800. The molecule has 0 saturated carbocycles. The van der Waals surface area contributed by atoms with Crippen molar-refractivity contribution >= 4 is 58.0 Å². The van der Waals surface area contributed by atoms with E-state index in [2.05, 4.69) is 0 Å². The van der Waals surface area contributed by atoms with E-state index in [-0.39, 0.29) is 24.2 Å². The first-order chi connectivity index (χ1) is 14.3. The summed E-state index contributed by atoms with van der Waals surface area (Å²) in [6, 6.07) is 0. The Hall–Kier alpha value is -0.440. The first-order valence-electron chi connectivity index (χ1n) is 9.66. The third-order valence-corrected chi connectivity index (χ3v) is 5.44. The van der Waals surface area contributed by atoms with Crippen LogP contribution in [0.3, 0.4) is 0 Å². The number of carbonyl (C=O) groups excluding carboxylic acids is 2. The zero-order valence-corrected chi connectivity index (χ0v) is 20.1. The van der Waals surface area contributed by atoms with Crippen LogP contribution in [0.1, 0.15) is 56.8 Å². The van der Waals surface area contributed by atoms with Gasteiger partial charge in [-0.05, 0) is 48.9 Å².